The second-order valence-electron chi connectivity index (χ2n) is 6.37. The van der Waals surface area contributed by atoms with Crippen molar-refractivity contribution in [2.24, 2.45) is 0 Å². The third-order valence-electron chi connectivity index (χ3n) is 4.17. The first-order valence-corrected chi connectivity index (χ1v) is 9.41. The number of halogens is 2. The quantitative estimate of drug-likeness (QED) is 0.435. The molecule has 1 aliphatic heterocycles. The second kappa shape index (κ2) is 7.80. The normalized spacial score (nSPS) is 16.3. The maximum absolute atomic E-state index is 13.0. The molecule has 1 N–H and O–H groups in total. The summed E-state index contributed by atoms with van der Waals surface area (Å²) in [7, 11) is 0. The minimum atomic E-state index is -0.542. The van der Waals surface area contributed by atoms with Gasteiger partial charge in [-0.1, -0.05) is 61.3 Å². The lowest BCUT2D eigenvalue weighted by atomic mass is 10.0. The zero-order valence-electron chi connectivity index (χ0n) is 14.6. The fourth-order valence-electron chi connectivity index (χ4n) is 2.68. The van der Waals surface area contributed by atoms with Gasteiger partial charge in [0.2, 0.25) is 0 Å². The van der Waals surface area contributed by atoms with Crippen molar-refractivity contribution in [3.63, 3.8) is 0 Å². The molecule has 2 amide bonds. The van der Waals surface area contributed by atoms with E-state index in [1.165, 1.54) is 16.5 Å². The molecule has 0 atom stereocenters. The van der Waals surface area contributed by atoms with E-state index in [0.717, 1.165) is 5.56 Å². The van der Waals surface area contributed by atoms with Gasteiger partial charge in [-0.3, -0.25) is 19.8 Å². The van der Waals surface area contributed by atoms with Gasteiger partial charge in [0.1, 0.15) is 5.57 Å². The summed E-state index contributed by atoms with van der Waals surface area (Å²) in [5.74, 6) is -0.689. The molecule has 138 valence electrons. The molecule has 1 saturated heterocycles. The first-order chi connectivity index (χ1) is 12.8. The lowest BCUT2D eigenvalue weighted by Gasteiger charge is -2.29. The number of nitrogens with one attached hydrogen (secondary N) is 1. The number of thiocarbonyl (C=S) groups is 1. The van der Waals surface area contributed by atoms with Crippen molar-refractivity contribution in [1.29, 1.82) is 0 Å². The van der Waals surface area contributed by atoms with Gasteiger partial charge < -0.3 is 0 Å². The molecule has 0 bridgehead atoms. The van der Waals surface area contributed by atoms with Crippen LogP contribution in [-0.4, -0.2) is 16.9 Å². The molecule has 0 unspecified atom stereocenters. The van der Waals surface area contributed by atoms with Crippen LogP contribution in [0.2, 0.25) is 10.0 Å². The highest BCUT2D eigenvalue weighted by atomic mass is 35.5. The van der Waals surface area contributed by atoms with Gasteiger partial charge in [-0.15, -0.1) is 0 Å². The van der Waals surface area contributed by atoms with Crippen molar-refractivity contribution in [2.45, 2.75) is 19.8 Å². The van der Waals surface area contributed by atoms with Crippen LogP contribution in [0.25, 0.3) is 6.08 Å². The van der Waals surface area contributed by atoms with E-state index in [4.69, 9.17) is 35.4 Å². The molecule has 27 heavy (non-hydrogen) atoms. The molecule has 7 heteroatoms. The highest BCUT2D eigenvalue weighted by Gasteiger charge is 2.35. The Morgan fingerprint density at radius 3 is 2.33 bits per heavy atom. The molecule has 2 aromatic carbocycles. The van der Waals surface area contributed by atoms with E-state index in [2.05, 4.69) is 19.2 Å². The Hall–Kier alpha value is -2.21. The number of hydrogen-bond donors (Lipinski definition) is 1. The smallest absolute Gasteiger partial charge is 0.270 e. The van der Waals surface area contributed by atoms with Gasteiger partial charge in [-0.2, -0.15) is 0 Å². The summed E-state index contributed by atoms with van der Waals surface area (Å²) in [5.41, 5.74) is 2.25. The van der Waals surface area contributed by atoms with Crippen LogP contribution in [0.15, 0.2) is 48.0 Å². The van der Waals surface area contributed by atoms with Crippen LogP contribution in [-0.2, 0) is 9.59 Å². The molecule has 0 aromatic heterocycles. The third kappa shape index (κ3) is 4.05. The monoisotopic (exact) mass is 418 g/mol. The topological polar surface area (TPSA) is 49.4 Å². The van der Waals surface area contributed by atoms with Crippen LogP contribution in [0.1, 0.15) is 30.9 Å². The van der Waals surface area contributed by atoms with Crippen LogP contribution in [0, 0.1) is 0 Å². The van der Waals surface area contributed by atoms with Gasteiger partial charge in [0.05, 0.1) is 10.7 Å². The summed E-state index contributed by atoms with van der Waals surface area (Å²) in [6.45, 7) is 4.19. The van der Waals surface area contributed by atoms with Crippen LogP contribution >= 0.6 is 35.4 Å². The van der Waals surface area contributed by atoms with Crippen LogP contribution in [0.4, 0.5) is 5.69 Å². The minimum Gasteiger partial charge on any atom is -0.298 e. The molecule has 0 saturated carbocycles. The van der Waals surface area contributed by atoms with Crippen LogP contribution < -0.4 is 10.2 Å². The lowest BCUT2D eigenvalue weighted by Crippen LogP contribution is -2.54. The van der Waals surface area contributed by atoms with E-state index in [1.54, 1.807) is 18.2 Å². The zero-order chi connectivity index (χ0) is 19.7. The fraction of sp³-hybridized carbons (Fsp3) is 0.150. The SMILES string of the molecule is CC(C)c1ccc(C=C2C(=O)NC(=S)N(c3ccc(Cl)cc3Cl)C2=O)cc1. The summed E-state index contributed by atoms with van der Waals surface area (Å²) in [5, 5.41) is 3.21. The number of amides is 2. The van der Waals surface area contributed by atoms with E-state index in [9.17, 15) is 9.59 Å². The molecular weight excluding hydrogens is 403 g/mol. The fourth-order valence-corrected chi connectivity index (χ4v) is 3.45. The van der Waals surface area contributed by atoms with Gasteiger partial charge in [0, 0.05) is 5.02 Å². The standard InChI is InChI=1S/C20H16Cl2N2O2S/c1-11(2)13-5-3-12(4-6-13)9-15-18(25)23-20(27)24(19(15)26)17-8-7-14(21)10-16(17)22/h3-11H,1-2H3,(H,23,25,27). The Labute approximate surface area is 172 Å². The molecule has 0 radical (unpaired) electrons. The molecule has 3 rings (SSSR count). The number of carbonyl (C=O) groups is 2. The largest absolute Gasteiger partial charge is 0.298 e. The predicted octanol–water partition coefficient (Wildman–Crippen LogP) is 4.95. The predicted molar refractivity (Wildman–Crippen MR) is 113 cm³/mol. The van der Waals surface area contributed by atoms with Gasteiger partial charge in [0.25, 0.3) is 11.8 Å². The number of rotatable bonds is 3. The average Bonchev–Trinajstić information content (AvgIpc) is 2.60. The van der Waals surface area contributed by atoms with E-state index in [0.29, 0.717) is 16.6 Å². The van der Waals surface area contributed by atoms with Crippen molar-refractivity contribution in [2.75, 3.05) is 4.90 Å². The Balaban J connectivity index is 1.99. The number of anilines is 1. The zero-order valence-corrected chi connectivity index (χ0v) is 17.0. The van der Waals surface area contributed by atoms with Crippen molar-refractivity contribution >= 4 is 64.1 Å². The van der Waals surface area contributed by atoms with Crippen molar-refractivity contribution < 1.29 is 9.59 Å². The van der Waals surface area contributed by atoms with Crippen molar-refractivity contribution in [3.05, 3.63) is 69.2 Å². The summed E-state index contributed by atoms with van der Waals surface area (Å²) in [6.07, 6.45) is 1.54. The maximum atomic E-state index is 13.0. The Morgan fingerprint density at radius 2 is 1.74 bits per heavy atom. The highest BCUT2D eigenvalue weighted by Crippen LogP contribution is 2.31. The second-order valence-corrected chi connectivity index (χ2v) is 7.61. The van der Waals surface area contributed by atoms with E-state index in [-0.39, 0.29) is 15.7 Å². The van der Waals surface area contributed by atoms with E-state index >= 15 is 0 Å². The van der Waals surface area contributed by atoms with Gasteiger partial charge >= 0.3 is 0 Å². The Morgan fingerprint density at radius 1 is 1.07 bits per heavy atom. The van der Waals surface area contributed by atoms with E-state index < -0.39 is 11.8 Å². The summed E-state index contributed by atoms with van der Waals surface area (Å²) >= 11 is 17.3. The molecule has 4 nitrogen and oxygen atoms in total. The van der Waals surface area contributed by atoms with Crippen LogP contribution in [0.5, 0.6) is 0 Å². The summed E-state index contributed by atoms with van der Waals surface area (Å²) in [6, 6.07) is 12.4. The number of hydrogen-bond acceptors (Lipinski definition) is 3. The lowest BCUT2D eigenvalue weighted by molar-refractivity contribution is -0.122. The van der Waals surface area contributed by atoms with Gasteiger partial charge in [-0.05, 0) is 53.5 Å². The van der Waals surface area contributed by atoms with E-state index in [1.807, 2.05) is 24.3 Å². The van der Waals surface area contributed by atoms with Gasteiger partial charge in [-0.25, -0.2) is 0 Å². The minimum absolute atomic E-state index is 0.0214. The van der Waals surface area contributed by atoms with Gasteiger partial charge in [0.15, 0.2) is 5.11 Å². The van der Waals surface area contributed by atoms with Crippen molar-refractivity contribution in [1.82, 2.24) is 5.32 Å². The average molecular weight is 419 g/mol. The molecule has 1 fully saturated rings. The molecular formula is C20H16Cl2N2O2S. The molecule has 0 spiro atoms. The Bertz CT molecular complexity index is 968. The highest BCUT2D eigenvalue weighted by molar-refractivity contribution is 7.80. The first kappa shape index (κ1) is 19.5. The molecule has 2 aromatic rings. The maximum Gasteiger partial charge on any atom is 0.270 e. The molecule has 1 heterocycles. The number of nitrogens with zero attached hydrogens (tertiary/aromatic N) is 1. The summed E-state index contributed by atoms with van der Waals surface area (Å²) < 4.78 is 0. The third-order valence-corrected chi connectivity index (χ3v) is 4.99. The van der Waals surface area contributed by atoms with Crippen molar-refractivity contribution in [3.8, 4) is 0 Å². The van der Waals surface area contributed by atoms with Crippen LogP contribution in [0.3, 0.4) is 0 Å². The summed E-state index contributed by atoms with van der Waals surface area (Å²) in [4.78, 5) is 26.5. The first-order valence-electron chi connectivity index (χ1n) is 8.24. The Kier molecular flexibility index (Phi) is 5.65. The number of carbonyl (C=O) groups excluding carboxylic acids is 2. The molecule has 1 aliphatic rings. The molecule has 0 aliphatic carbocycles. The number of benzene rings is 2.